The number of aliphatic hydroxyl groups is 1. The van der Waals surface area contributed by atoms with Gasteiger partial charge in [0.2, 0.25) is 0 Å². The van der Waals surface area contributed by atoms with Crippen LogP contribution < -0.4 is 0 Å². The van der Waals surface area contributed by atoms with Crippen molar-refractivity contribution in [3.05, 3.63) is 42.0 Å². The molecule has 1 atom stereocenters. The van der Waals surface area contributed by atoms with Crippen molar-refractivity contribution in [2.75, 3.05) is 0 Å². The summed E-state index contributed by atoms with van der Waals surface area (Å²) in [5.74, 6) is 0. The third kappa shape index (κ3) is 6.91. The monoisotopic (exact) mass is 438 g/mol. The number of unbranched alkanes of at least 4 members (excludes halogenated alkanes) is 3. The van der Waals surface area contributed by atoms with Crippen molar-refractivity contribution in [1.82, 2.24) is 0 Å². The van der Waals surface area contributed by atoms with Gasteiger partial charge in [0.1, 0.15) is 0 Å². The van der Waals surface area contributed by atoms with E-state index in [4.69, 9.17) is 0 Å². The molecule has 0 aliphatic carbocycles. The molecule has 2 heteroatoms. The summed E-state index contributed by atoms with van der Waals surface area (Å²) in [6, 6.07) is 10.9. The average Bonchev–Trinajstić information content (AvgIpc) is 2.60. The van der Waals surface area contributed by atoms with Gasteiger partial charge in [-0.25, -0.2) is 0 Å². The summed E-state index contributed by atoms with van der Waals surface area (Å²) in [7, 11) is 0. The van der Waals surface area contributed by atoms with Crippen LogP contribution in [0.4, 0.5) is 0 Å². The van der Waals surface area contributed by atoms with Gasteiger partial charge in [-0.2, -0.15) is 0 Å². The van der Waals surface area contributed by atoms with E-state index < -0.39 is 18.4 Å². The molecule has 1 nitrogen and oxygen atoms in total. The summed E-state index contributed by atoms with van der Waals surface area (Å²) >= 11 is -2.51. The van der Waals surface area contributed by atoms with Crippen LogP contribution in [0.25, 0.3) is 3.59 Å². The van der Waals surface area contributed by atoms with Gasteiger partial charge in [0.25, 0.3) is 0 Å². The molecule has 0 amide bonds. The first kappa shape index (κ1) is 21.8. The third-order valence-electron chi connectivity index (χ3n) is 5.09. The molecular formula is C22H38OSn. The van der Waals surface area contributed by atoms with Crippen molar-refractivity contribution < 1.29 is 5.11 Å². The van der Waals surface area contributed by atoms with Crippen molar-refractivity contribution >= 4 is 22.0 Å². The van der Waals surface area contributed by atoms with Gasteiger partial charge in [-0.1, -0.05) is 0 Å². The molecular weight excluding hydrogens is 399 g/mol. The van der Waals surface area contributed by atoms with Crippen LogP contribution in [0.3, 0.4) is 0 Å². The van der Waals surface area contributed by atoms with Crippen LogP contribution in [0.15, 0.2) is 36.4 Å². The first-order chi connectivity index (χ1) is 11.6. The molecule has 1 N–H and O–H groups in total. The van der Waals surface area contributed by atoms with E-state index in [1.165, 1.54) is 57.4 Å². The molecule has 136 valence electrons. The Morgan fingerprint density at radius 1 is 0.917 bits per heavy atom. The van der Waals surface area contributed by atoms with Crippen LogP contribution in [-0.4, -0.2) is 29.6 Å². The Morgan fingerprint density at radius 2 is 1.38 bits per heavy atom. The standard InChI is InChI=1S/C10H11O.3C4H9.Sn/c1-9(11)7-8-10-5-3-2-4-6-10;3*1-3-4-2;/h2-7,9,11H,1H3;3*1,3-4H2,2H3;/t9-;;;;/m0..../s1. The fourth-order valence-corrected chi connectivity index (χ4v) is 21.0. The molecule has 0 bridgehead atoms. The molecule has 0 aliphatic heterocycles. The normalized spacial score (nSPS) is 14.0. The van der Waals surface area contributed by atoms with E-state index in [0.717, 1.165) is 0 Å². The number of hydrogen-bond acceptors (Lipinski definition) is 1. The maximum atomic E-state index is 10.2. The maximum absolute atomic E-state index is 10.2. The molecule has 24 heavy (non-hydrogen) atoms. The fraction of sp³-hybridized carbons (Fsp3) is 0.636. The molecule has 0 aliphatic rings. The molecule has 0 heterocycles. The van der Waals surface area contributed by atoms with E-state index in [1.807, 2.05) is 6.92 Å². The predicted octanol–water partition coefficient (Wildman–Crippen LogP) is 6.84. The Hall–Kier alpha value is -0.281. The SMILES string of the molecule is CCC[CH2][Sn]([CH2]CCC)([CH2]CCC)/[C](=C/[C@H](C)O)c1ccccc1. The molecule has 0 radical (unpaired) electrons. The van der Waals surface area contributed by atoms with Crippen LogP contribution in [0, 0.1) is 0 Å². The summed E-state index contributed by atoms with van der Waals surface area (Å²) in [4.78, 5) is 0. The van der Waals surface area contributed by atoms with Gasteiger partial charge in [0.15, 0.2) is 0 Å². The van der Waals surface area contributed by atoms with Crippen LogP contribution in [0.2, 0.25) is 13.3 Å². The van der Waals surface area contributed by atoms with Crippen molar-refractivity contribution in [3.63, 3.8) is 0 Å². The second-order valence-corrected chi connectivity index (χ2v) is 20.4. The van der Waals surface area contributed by atoms with Gasteiger partial charge in [-0.15, -0.1) is 0 Å². The van der Waals surface area contributed by atoms with E-state index in [9.17, 15) is 5.11 Å². The first-order valence-corrected chi connectivity index (χ1v) is 17.5. The minimum atomic E-state index is -2.51. The van der Waals surface area contributed by atoms with Gasteiger partial charge < -0.3 is 0 Å². The summed E-state index contributed by atoms with van der Waals surface area (Å²) in [5.41, 5.74) is 1.39. The van der Waals surface area contributed by atoms with Crippen LogP contribution in [-0.2, 0) is 0 Å². The van der Waals surface area contributed by atoms with Gasteiger partial charge >= 0.3 is 155 Å². The topological polar surface area (TPSA) is 20.2 Å². The zero-order chi connectivity index (χ0) is 17.8. The molecule has 0 fully saturated rings. The number of benzene rings is 1. The van der Waals surface area contributed by atoms with E-state index in [0.29, 0.717) is 0 Å². The summed E-state index contributed by atoms with van der Waals surface area (Å²) in [5, 5.41) is 10.2. The Labute approximate surface area is 154 Å². The number of aliphatic hydroxyl groups excluding tert-OH is 1. The fourth-order valence-electron chi connectivity index (χ4n) is 3.76. The second-order valence-electron chi connectivity index (χ2n) is 7.28. The summed E-state index contributed by atoms with van der Waals surface area (Å²) in [6.45, 7) is 8.86. The summed E-state index contributed by atoms with van der Waals surface area (Å²) in [6.07, 6.45) is 9.79. The minimum absolute atomic E-state index is 0.346. The van der Waals surface area contributed by atoms with Crippen LogP contribution in [0.1, 0.15) is 71.8 Å². The van der Waals surface area contributed by atoms with Crippen LogP contribution >= 0.6 is 0 Å². The van der Waals surface area contributed by atoms with E-state index in [-0.39, 0.29) is 6.10 Å². The quantitative estimate of drug-likeness (QED) is 0.355. The molecule has 0 saturated carbocycles. The first-order valence-electron chi connectivity index (χ1n) is 10.1. The zero-order valence-electron chi connectivity index (χ0n) is 16.4. The Bertz CT molecular complexity index is 442. The van der Waals surface area contributed by atoms with Crippen molar-refractivity contribution in [1.29, 1.82) is 0 Å². The number of hydrogen-bond donors (Lipinski definition) is 1. The third-order valence-corrected chi connectivity index (χ3v) is 20.9. The molecule has 0 aromatic heterocycles. The molecule has 0 saturated heterocycles. The molecule has 1 aromatic carbocycles. The number of rotatable bonds is 12. The molecule has 0 spiro atoms. The van der Waals surface area contributed by atoms with Gasteiger partial charge in [0.05, 0.1) is 0 Å². The van der Waals surface area contributed by atoms with Gasteiger partial charge in [-0.05, 0) is 0 Å². The molecule has 0 unspecified atom stereocenters. The Morgan fingerprint density at radius 3 is 1.75 bits per heavy atom. The Kier molecular flexibility index (Phi) is 11.0. The summed E-state index contributed by atoms with van der Waals surface area (Å²) < 4.78 is 5.92. The van der Waals surface area contributed by atoms with Gasteiger partial charge in [0, 0.05) is 0 Å². The Balaban J connectivity index is 3.34. The molecule has 1 aromatic rings. The van der Waals surface area contributed by atoms with Crippen molar-refractivity contribution in [2.45, 2.75) is 85.6 Å². The van der Waals surface area contributed by atoms with E-state index in [2.05, 4.69) is 57.2 Å². The molecule has 1 rings (SSSR count). The van der Waals surface area contributed by atoms with Gasteiger partial charge in [-0.3, -0.25) is 0 Å². The van der Waals surface area contributed by atoms with Crippen molar-refractivity contribution in [2.24, 2.45) is 0 Å². The average molecular weight is 437 g/mol. The predicted molar refractivity (Wildman–Crippen MR) is 111 cm³/mol. The van der Waals surface area contributed by atoms with Crippen molar-refractivity contribution in [3.8, 4) is 0 Å². The van der Waals surface area contributed by atoms with E-state index >= 15 is 0 Å². The van der Waals surface area contributed by atoms with E-state index in [1.54, 1.807) is 3.59 Å². The zero-order valence-corrected chi connectivity index (χ0v) is 19.2. The van der Waals surface area contributed by atoms with Crippen LogP contribution in [0.5, 0.6) is 0 Å². The second kappa shape index (κ2) is 12.1.